The molecule has 5 heteroatoms. The van der Waals surface area contributed by atoms with Crippen LogP contribution in [0.3, 0.4) is 0 Å². The van der Waals surface area contributed by atoms with Crippen LogP contribution >= 0.6 is 0 Å². The van der Waals surface area contributed by atoms with Crippen LogP contribution in [0.5, 0.6) is 0 Å². The van der Waals surface area contributed by atoms with Crippen LogP contribution in [-0.2, 0) is 20.9 Å². The summed E-state index contributed by atoms with van der Waals surface area (Å²) in [5.41, 5.74) is 0.975. The molecular weight excluding hydrogens is 270 g/mol. The van der Waals surface area contributed by atoms with Crippen molar-refractivity contribution in [1.82, 2.24) is 5.32 Å². The summed E-state index contributed by atoms with van der Waals surface area (Å²) in [5, 5.41) is 2.43. The van der Waals surface area contributed by atoms with E-state index in [1.54, 1.807) is 13.0 Å². The zero-order valence-electron chi connectivity index (χ0n) is 12.6. The van der Waals surface area contributed by atoms with Crippen molar-refractivity contribution in [2.45, 2.75) is 27.4 Å². The van der Waals surface area contributed by atoms with E-state index in [0.29, 0.717) is 0 Å². The molecule has 0 unspecified atom stereocenters. The minimum atomic E-state index is -0.682. The predicted octanol–water partition coefficient (Wildman–Crippen LogP) is 3.02. The number of hydrogen-bond acceptors (Lipinski definition) is 4. The molecule has 0 aromatic heterocycles. The molecule has 0 fully saturated rings. The fraction of sp³-hybridized carbons (Fsp3) is 0.375. The van der Waals surface area contributed by atoms with Crippen molar-refractivity contribution in [3.05, 3.63) is 47.7 Å². The highest BCUT2D eigenvalue weighted by atomic mass is 16.6. The Hall–Kier alpha value is -2.30. The van der Waals surface area contributed by atoms with Crippen LogP contribution < -0.4 is 5.32 Å². The molecule has 0 radical (unpaired) electrons. The Kier molecular flexibility index (Phi) is 7.01. The number of esters is 1. The van der Waals surface area contributed by atoms with Crippen molar-refractivity contribution in [2.75, 3.05) is 6.61 Å². The van der Waals surface area contributed by atoms with Crippen LogP contribution in [0.4, 0.5) is 4.79 Å². The number of carbonyl (C=O) groups is 2. The lowest BCUT2D eigenvalue weighted by Gasteiger charge is -2.11. The van der Waals surface area contributed by atoms with E-state index in [9.17, 15) is 9.59 Å². The molecule has 0 heterocycles. The van der Waals surface area contributed by atoms with Gasteiger partial charge in [-0.2, -0.15) is 0 Å². The molecule has 1 N–H and O–H groups in total. The van der Waals surface area contributed by atoms with Crippen molar-refractivity contribution in [2.24, 2.45) is 5.92 Å². The molecule has 1 rings (SSSR count). The normalized spacial score (nSPS) is 11.1. The molecule has 1 amide bonds. The SMILES string of the molecule is CCOC(=O)/C(=C\C(C)C)NC(=O)OCc1ccccc1. The van der Waals surface area contributed by atoms with Gasteiger partial charge < -0.3 is 9.47 Å². The Morgan fingerprint density at radius 3 is 2.43 bits per heavy atom. The summed E-state index contributed by atoms with van der Waals surface area (Å²) >= 11 is 0. The second-order valence-electron chi connectivity index (χ2n) is 4.73. The standard InChI is InChI=1S/C16H21NO4/c1-4-20-15(18)14(10-12(2)3)17-16(19)21-11-13-8-6-5-7-9-13/h5-10,12H,4,11H2,1-3H3,(H,17,19)/b14-10+. The first-order valence-corrected chi connectivity index (χ1v) is 6.89. The maximum atomic E-state index is 11.7. The molecule has 0 spiro atoms. The first kappa shape index (κ1) is 16.8. The third-order valence-corrected chi connectivity index (χ3v) is 2.44. The Morgan fingerprint density at radius 2 is 1.86 bits per heavy atom. The summed E-state index contributed by atoms with van der Waals surface area (Å²) in [4.78, 5) is 23.5. The van der Waals surface area contributed by atoms with Crippen molar-refractivity contribution in [3.63, 3.8) is 0 Å². The van der Waals surface area contributed by atoms with Crippen LogP contribution in [-0.4, -0.2) is 18.7 Å². The van der Waals surface area contributed by atoms with E-state index in [1.165, 1.54) is 0 Å². The van der Waals surface area contributed by atoms with E-state index in [2.05, 4.69) is 5.32 Å². The van der Waals surface area contributed by atoms with E-state index in [4.69, 9.17) is 9.47 Å². The molecule has 0 saturated heterocycles. The molecule has 5 nitrogen and oxygen atoms in total. The van der Waals surface area contributed by atoms with Gasteiger partial charge in [-0.3, -0.25) is 5.32 Å². The lowest BCUT2D eigenvalue weighted by atomic mass is 10.2. The van der Waals surface area contributed by atoms with Crippen molar-refractivity contribution < 1.29 is 19.1 Å². The Balaban J connectivity index is 2.58. The van der Waals surface area contributed by atoms with Gasteiger partial charge in [-0.25, -0.2) is 9.59 Å². The van der Waals surface area contributed by atoms with Gasteiger partial charge in [0, 0.05) is 0 Å². The summed E-state index contributed by atoms with van der Waals surface area (Å²) in [6, 6.07) is 9.30. The molecule has 0 aliphatic carbocycles. The lowest BCUT2D eigenvalue weighted by molar-refractivity contribution is -0.138. The highest BCUT2D eigenvalue weighted by Gasteiger charge is 2.15. The van der Waals surface area contributed by atoms with E-state index in [-0.39, 0.29) is 24.8 Å². The van der Waals surface area contributed by atoms with Crippen LogP contribution in [0, 0.1) is 5.92 Å². The van der Waals surface area contributed by atoms with Crippen molar-refractivity contribution in [1.29, 1.82) is 0 Å². The largest absolute Gasteiger partial charge is 0.461 e. The van der Waals surface area contributed by atoms with E-state index < -0.39 is 12.1 Å². The molecular formula is C16H21NO4. The van der Waals surface area contributed by atoms with Crippen LogP contribution in [0.1, 0.15) is 26.3 Å². The minimum Gasteiger partial charge on any atom is -0.461 e. The van der Waals surface area contributed by atoms with Gasteiger partial charge in [0.15, 0.2) is 0 Å². The van der Waals surface area contributed by atoms with Gasteiger partial charge in [-0.05, 0) is 18.4 Å². The lowest BCUT2D eigenvalue weighted by Crippen LogP contribution is -2.29. The quantitative estimate of drug-likeness (QED) is 0.646. The van der Waals surface area contributed by atoms with Crippen molar-refractivity contribution in [3.8, 4) is 0 Å². The average molecular weight is 291 g/mol. The second kappa shape index (κ2) is 8.79. The molecule has 0 saturated carbocycles. The van der Waals surface area contributed by atoms with Gasteiger partial charge in [0.25, 0.3) is 0 Å². The number of benzene rings is 1. The summed E-state index contributed by atoms with van der Waals surface area (Å²) < 4.78 is 9.96. The van der Waals surface area contributed by atoms with Crippen molar-refractivity contribution >= 4 is 12.1 Å². The Labute approximate surface area is 124 Å². The molecule has 0 aliphatic rings. The number of hydrogen-bond donors (Lipinski definition) is 1. The van der Waals surface area contributed by atoms with Gasteiger partial charge in [0.1, 0.15) is 12.3 Å². The molecule has 1 aromatic rings. The van der Waals surface area contributed by atoms with Crippen LogP contribution in [0.15, 0.2) is 42.1 Å². The molecule has 0 aliphatic heterocycles. The Morgan fingerprint density at radius 1 is 1.19 bits per heavy atom. The fourth-order valence-electron chi connectivity index (χ4n) is 1.57. The number of amides is 1. The van der Waals surface area contributed by atoms with Gasteiger partial charge in [0.05, 0.1) is 6.61 Å². The Bertz CT molecular complexity index is 494. The van der Waals surface area contributed by atoms with E-state index in [1.807, 2.05) is 44.2 Å². The topological polar surface area (TPSA) is 64.6 Å². The zero-order chi connectivity index (χ0) is 15.7. The zero-order valence-corrected chi connectivity index (χ0v) is 12.6. The number of carbonyl (C=O) groups excluding carboxylic acids is 2. The van der Waals surface area contributed by atoms with Crippen LogP contribution in [0.2, 0.25) is 0 Å². The highest BCUT2D eigenvalue weighted by molar-refractivity contribution is 5.92. The molecule has 0 atom stereocenters. The minimum absolute atomic E-state index is 0.0961. The number of ether oxygens (including phenoxy) is 2. The summed E-state index contributed by atoms with van der Waals surface area (Å²) in [6.07, 6.45) is 0.945. The number of rotatable bonds is 6. The number of alkyl carbamates (subject to hydrolysis) is 1. The van der Waals surface area contributed by atoms with Crippen LogP contribution in [0.25, 0.3) is 0 Å². The van der Waals surface area contributed by atoms with E-state index >= 15 is 0 Å². The smallest absolute Gasteiger partial charge is 0.412 e. The molecule has 1 aromatic carbocycles. The first-order valence-electron chi connectivity index (χ1n) is 6.89. The first-order chi connectivity index (χ1) is 10.0. The maximum absolute atomic E-state index is 11.7. The highest BCUT2D eigenvalue weighted by Crippen LogP contribution is 2.04. The number of nitrogens with one attached hydrogen (secondary N) is 1. The average Bonchev–Trinajstić information content (AvgIpc) is 2.45. The molecule has 114 valence electrons. The third-order valence-electron chi connectivity index (χ3n) is 2.44. The summed E-state index contributed by atoms with van der Waals surface area (Å²) in [6.45, 7) is 5.89. The second-order valence-corrected chi connectivity index (χ2v) is 4.73. The summed E-state index contributed by atoms with van der Waals surface area (Å²) in [7, 11) is 0. The monoisotopic (exact) mass is 291 g/mol. The van der Waals surface area contributed by atoms with E-state index in [0.717, 1.165) is 5.56 Å². The van der Waals surface area contributed by atoms with Gasteiger partial charge in [-0.1, -0.05) is 50.3 Å². The fourth-order valence-corrected chi connectivity index (χ4v) is 1.57. The maximum Gasteiger partial charge on any atom is 0.412 e. The molecule has 0 bridgehead atoms. The molecule has 21 heavy (non-hydrogen) atoms. The van der Waals surface area contributed by atoms with Gasteiger partial charge in [-0.15, -0.1) is 0 Å². The van der Waals surface area contributed by atoms with Gasteiger partial charge in [0.2, 0.25) is 0 Å². The predicted molar refractivity (Wildman–Crippen MR) is 79.3 cm³/mol. The summed E-state index contributed by atoms with van der Waals surface area (Å²) in [5.74, 6) is -0.471. The number of allylic oxidation sites excluding steroid dienone is 1. The van der Waals surface area contributed by atoms with Gasteiger partial charge >= 0.3 is 12.1 Å². The third kappa shape index (κ3) is 6.61.